The Balaban J connectivity index is 1.54. The van der Waals surface area contributed by atoms with Crippen LogP contribution in [0.5, 0.6) is 0 Å². The van der Waals surface area contributed by atoms with Crippen LogP contribution in [0.4, 0.5) is 15.8 Å². The molecule has 0 bridgehead atoms. The highest BCUT2D eigenvalue weighted by Gasteiger charge is 2.47. The fourth-order valence-electron chi connectivity index (χ4n) is 3.65. The number of carbonyl (C=O) groups excluding carboxylic acids is 1. The average molecular weight is 547 g/mol. The third kappa shape index (κ3) is 4.76. The number of anilines is 2. The van der Waals surface area contributed by atoms with Crippen molar-refractivity contribution in [3.05, 3.63) is 57.3 Å². The number of aliphatic imine (C=N–C) groups is 1. The van der Waals surface area contributed by atoms with E-state index in [4.69, 9.17) is 11.6 Å². The van der Waals surface area contributed by atoms with E-state index < -0.39 is 27.7 Å². The summed E-state index contributed by atoms with van der Waals surface area (Å²) >= 11 is 10.5. The van der Waals surface area contributed by atoms with Crippen LogP contribution in [0.1, 0.15) is 5.56 Å². The monoisotopic (exact) mass is 545 g/mol. The van der Waals surface area contributed by atoms with Crippen molar-refractivity contribution in [2.75, 3.05) is 27.5 Å². The highest BCUT2D eigenvalue weighted by Crippen LogP contribution is 2.37. The average Bonchev–Trinajstić information content (AvgIpc) is 3.15. The van der Waals surface area contributed by atoms with Gasteiger partial charge in [-0.15, -0.1) is 0 Å². The number of fused-ring (bicyclic) bond motifs is 1. The van der Waals surface area contributed by atoms with Crippen molar-refractivity contribution in [2.45, 2.75) is 19.0 Å². The van der Waals surface area contributed by atoms with Crippen LogP contribution in [0.3, 0.4) is 0 Å². The molecule has 1 amide bonds. The van der Waals surface area contributed by atoms with E-state index >= 15 is 0 Å². The maximum atomic E-state index is 14.7. The number of benzene rings is 2. The van der Waals surface area contributed by atoms with Crippen LogP contribution in [-0.4, -0.2) is 48.8 Å². The Kier molecular flexibility index (Phi) is 6.35. The van der Waals surface area contributed by atoms with Crippen LogP contribution >= 0.6 is 39.3 Å². The molecule has 2 aliphatic rings. The maximum Gasteiger partial charge on any atom is 0.234 e. The molecule has 164 valence electrons. The Morgan fingerprint density at radius 3 is 2.87 bits per heavy atom. The zero-order valence-corrected chi connectivity index (χ0v) is 20.3. The molecule has 0 aliphatic carbocycles. The lowest BCUT2D eigenvalue weighted by atomic mass is 10.1. The first-order chi connectivity index (χ1) is 14.6. The summed E-state index contributed by atoms with van der Waals surface area (Å²) in [7, 11) is -3.25. The van der Waals surface area contributed by atoms with Crippen LogP contribution in [0, 0.1) is 12.7 Å². The lowest BCUT2D eigenvalue weighted by Crippen LogP contribution is -2.40. The van der Waals surface area contributed by atoms with Gasteiger partial charge >= 0.3 is 0 Å². The van der Waals surface area contributed by atoms with E-state index in [1.807, 2.05) is 6.92 Å². The molecular formula is C20H18BrClFN3O3S2. The second kappa shape index (κ2) is 8.73. The van der Waals surface area contributed by atoms with Crippen molar-refractivity contribution < 1.29 is 17.6 Å². The molecule has 2 unspecified atom stereocenters. The molecule has 2 aromatic carbocycles. The van der Waals surface area contributed by atoms with Crippen LogP contribution < -0.4 is 10.2 Å². The Labute approximate surface area is 197 Å². The Morgan fingerprint density at radius 1 is 1.35 bits per heavy atom. The highest BCUT2D eigenvalue weighted by molar-refractivity contribution is 9.10. The zero-order valence-electron chi connectivity index (χ0n) is 16.3. The summed E-state index contributed by atoms with van der Waals surface area (Å²) in [6.07, 6.45) is 0. The second-order valence-corrected chi connectivity index (χ2v) is 11.8. The summed E-state index contributed by atoms with van der Waals surface area (Å²) in [6.45, 7) is 1.81. The SMILES string of the molecule is Cc1c(Cl)cccc1NC(=O)CSC1=NC2CS(=O)(=O)CC2N1c1ccc(Br)cc1F. The predicted octanol–water partition coefficient (Wildman–Crippen LogP) is 4.26. The number of carbonyl (C=O) groups is 1. The molecule has 1 N–H and O–H groups in total. The first kappa shape index (κ1) is 22.6. The lowest BCUT2D eigenvalue weighted by Gasteiger charge is -2.26. The predicted molar refractivity (Wildman–Crippen MR) is 128 cm³/mol. The Bertz CT molecular complexity index is 1190. The van der Waals surface area contributed by atoms with Gasteiger partial charge < -0.3 is 10.2 Å². The van der Waals surface area contributed by atoms with Gasteiger partial charge in [0.15, 0.2) is 15.0 Å². The second-order valence-electron chi connectivity index (χ2n) is 7.34. The van der Waals surface area contributed by atoms with Crippen molar-refractivity contribution in [3.8, 4) is 0 Å². The third-order valence-electron chi connectivity index (χ3n) is 5.15. The van der Waals surface area contributed by atoms with Gasteiger partial charge in [0.25, 0.3) is 0 Å². The minimum Gasteiger partial charge on any atom is -0.325 e. The number of nitrogens with one attached hydrogen (secondary N) is 1. The minimum absolute atomic E-state index is 0.0334. The molecule has 2 atom stereocenters. The van der Waals surface area contributed by atoms with Gasteiger partial charge in [-0.25, -0.2) is 12.8 Å². The quantitative estimate of drug-likeness (QED) is 0.620. The summed E-state index contributed by atoms with van der Waals surface area (Å²) in [6, 6.07) is 8.88. The van der Waals surface area contributed by atoms with Gasteiger partial charge in [-0.05, 0) is 42.8 Å². The number of thioether (sulfide) groups is 1. The van der Waals surface area contributed by atoms with Gasteiger partial charge in [-0.2, -0.15) is 0 Å². The van der Waals surface area contributed by atoms with Crippen molar-refractivity contribution in [1.29, 1.82) is 0 Å². The van der Waals surface area contributed by atoms with Gasteiger partial charge in [-0.3, -0.25) is 9.79 Å². The topological polar surface area (TPSA) is 78.8 Å². The van der Waals surface area contributed by atoms with E-state index in [0.29, 0.717) is 20.4 Å². The molecule has 0 spiro atoms. The van der Waals surface area contributed by atoms with Crippen LogP contribution in [0.15, 0.2) is 45.9 Å². The number of amidine groups is 1. The van der Waals surface area contributed by atoms with Gasteiger partial charge in [0.1, 0.15) is 5.82 Å². The molecule has 0 aromatic heterocycles. The smallest absolute Gasteiger partial charge is 0.234 e. The number of halogens is 3. The Hall–Kier alpha value is -1.62. The van der Waals surface area contributed by atoms with Crippen molar-refractivity contribution in [2.24, 2.45) is 4.99 Å². The van der Waals surface area contributed by atoms with Crippen LogP contribution in [0.2, 0.25) is 5.02 Å². The normalized spacial score (nSPS) is 21.7. The van der Waals surface area contributed by atoms with E-state index in [0.717, 1.165) is 17.3 Å². The summed E-state index contributed by atoms with van der Waals surface area (Å²) < 4.78 is 39.5. The maximum absolute atomic E-state index is 14.7. The number of nitrogens with zero attached hydrogens (tertiary/aromatic N) is 2. The van der Waals surface area contributed by atoms with E-state index in [9.17, 15) is 17.6 Å². The third-order valence-corrected chi connectivity index (χ3v) is 8.72. The molecule has 11 heteroatoms. The molecule has 0 radical (unpaired) electrons. The van der Waals surface area contributed by atoms with Gasteiger partial charge in [-0.1, -0.05) is 45.4 Å². The van der Waals surface area contributed by atoms with Crippen LogP contribution in [0.25, 0.3) is 0 Å². The fraction of sp³-hybridized carbons (Fsp3) is 0.300. The molecule has 2 aromatic rings. The lowest BCUT2D eigenvalue weighted by molar-refractivity contribution is -0.113. The van der Waals surface area contributed by atoms with Crippen molar-refractivity contribution in [3.63, 3.8) is 0 Å². The van der Waals surface area contributed by atoms with Crippen molar-refractivity contribution in [1.82, 2.24) is 0 Å². The van der Waals surface area contributed by atoms with Gasteiger partial charge in [0.05, 0.1) is 35.0 Å². The van der Waals surface area contributed by atoms with Gasteiger partial charge in [0.2, 0.25) is 5.91 Å². The molecule has 2 aliphatic heterocycles. The Morgan fingerprint density at radius 2 is 2.13 bits per heavy atom. The number of sulfone groups is 1. The minimum atomic E-state index is -3.25. The fourth-order valence-corrected chi connectivity index (χ4v) is 6.92. The first-order valence-electron chi connectivity index (χ1n) is 9.35. The molecule has 0 saturated carbocycles. The van der Waals surface area contributed by atoms with Gasteiger partial charge in [0, 0.05) is 15.2 Å². The molecule has 4 rings (SSSR count). The summed E-state index contributed by atoms with van der Waals surface area (Å²) in [5.41, 5.74) is 1.62. The zero-order chi connectivity index (χ0) is 22.3. The number of hydrogen-bond donors (Lipinski definition) is 1. The molecule has 6 nitrogen and oxygen atoms in total. The standard InChI is InChI=1S/C20H18BrClFN3O3S2/c1-11-13(22)3-2-4-15(11)24-19(27)8-30-20-25-16-9-31(28,29)10-18(16)26(20)17-6-5-12(21)7-14(17)23/h2-7,16,18H,8-10H2,1H3,(H,24,27). The number of hydrogen-bond acceptors (Lipinski definition) is 6. The van der Waals surface area contributed by atoms with E-state index in [1.165, 1.54) is 6.07 Å². The van der Waals surface area contributed by atoms with E-state index in [-0.39, 0.29) is 28.9 Å². The summed E-state index contributed by atoms with van der Waals surface area (Å²) in [5.74, 6) is -0.907. The van der Waals surface area contributed by atoms with Crippen LogP contribution in [-0.2, 0) is 14.6 Å². The molecule has 1 saturated heterocycles. The number of rotatable bonds is 4. The molecule has 2 heterocycles. The first-order valence-corrected chi connectivity index (χ1v) is 13.3. The largest absolute Gasteiger partial charge is 0.325 e. The summed E-state index contributed by atoms with van der Waals surface area (Å²) in [4.78, 5) is 18.6. The molecule has 31 heavy (non-hydrogen) atoms. The molecular weight excluding hydrogens is 529 g/mol. The number of amides is 1. The highest BCUT2D eigenvalue weighted by atomic mass is 79.9. The summed E-state index contributed by atoms with van der Waals surface area (Å²) in [5, 5.41) is 3.80. The van der Waals surface area contributed by atoms with E-state index in [2.05, 4.69) is 26.2 Å². The van der Waals surface area contributed by atoms with E-state index in [1.54, 1.807) is 35.2 Å². The van der Waals surface area contributed by atoms with Crippen molar-refractivity contribution >= 4 is 71.6 Å². The molecule has 1 fully saturated rings.